The summed E-state index contributed by atoms with van der Waals surface area (Å²) >= 11 is 6.17. The normalized spacial score (nSPS) is 20.1. The third-order valence-corrected chi connectivity index (χ3v) is 6.55. The van der Waals surface area contributed by atoms with Crippen molar-refractivity contribution < 1.29 is 22.7 Å². The molecule has 1 atom stereocenters. The maximum atomic E-state index is 12.6. The van der Waals surface area contributed by atoms with E-state index in [1.54, 1.807) is 17.0 Å². The molecule has 2 aliphatic heterocycles. The van der Waals surface area contributed by atoms with E-state index in [4.69, 9.17) is 21.1 Å². The van der Waals surface area contributed by atoms with Crippen molar-refractivity contribution in [1.82, 2.24) is 4.90 Å². The average Bonchev–Trinajstić information content (AvgIpc) is 2.60. The summed E-state index contributed by atoms with van der Waals surface area (Å²) in [5.41, 5.74) is 0.498. The van der Waals surface area contributed by atoms with Crippen LogP contribution in [0.2, 0.25) is 5.02 Å². The summed E-state index contributed by atoms with van der Waals surface area (Å²) in [6, 6.07) is 3.33. The molecule has 1 fully saturated rings. The molecule has 6 nitrogen and oxygen atoms in total. The van der Waals surface area contributed by atoms with Crippen LogP contribution >= 0.6 is 11.6 Å². The van der Waals surface area contributed by atoms with Gasteiger partial charge in [0.25, 0.3) is 0 Å². The Morgan fingerprint density at radius 1 is 1.27 bits per heavy atom. The lowest BCUT2D eigenvalue weighted by molar-refractivity contribution is -0.132. The number of benzene rings is 1. The largest absolute Gasteiger partial charge is 0.486 e. The monoisotopic (exact) mass is 401 g/mol. The van der Waals surface area contributed by atoms with Crippen LogP contribution in [0.1, 0.15) is 38.2 Å². The Morgan fingerprint density at radius 2 is 2.04 bits per heavy atom. The lowest BCUT2D eigenvalue weighted by Crippen LogP contribution is -2.45. The fourth-order valence-electron chi connectivity index (χ4n) is 3.58. The van der Waals surface area contributed by atoms with Crippen molar-refractivity contribution in [2.45, 2.75) is 44.4 Å². The predicted molar refractivity (Wildman–Crippen MR) is 99.6 cm³/mol. The quantitative estimate of drug-likeness (QED) is 0.758. The highest BCUT2D eigenvalue weighted by molar-refractivity contribution is 7.91. The zero-order valence-corrected chi connectivity index (χ0v) is 16.4. The van der Waals surface area contributed by atoms with Crippen LogP contribution in [-0.2, 0) is 20.4 Å². The number of nitrogens with zero attached hydrogens (tertiary/aromatic N) is 1. The molecule has 2 heterocycles. The standard InChI is InChI=1S/C18H24ClNO5S/c1-2-14-5-3-4-6-20(14)17(21)12-26(22,23)11-13-9-15(19)18-16(10-13)24-7-8-25-18/h9-10,14H,2-8,11-12H2,1H3/t14-/m0/s1. The van der Waals surface area contributed by atoms with Gasteiger partial charge in [-0.25, -0.2) is 8.42 Å². The number of hydrogen-bond acceptors (Lipinski definition) is 5. The number of fused-ring (bicyclic) bond motifs is 1. The molecule has 0 saturated carbocycles. The second kappa shape index (κ2) is 8.05. The van der Waals surface area contributed by atoms with E-state index in [2.05, 4.69) is 0 Å². The molecule has 0 aromatic heterocycles. The number of ether oxygens (including phenoxy) is 2. The lowest BCUT2D eigenvalue weighted by Gasteiger charge is -2.35. The van der Waals surface area contributed by atoms with Crippen LogP contribution in [0.4, 0.5) is 0 Å². The first-order valence-corrected chi connectivity index (χ1v) is 11.2. The molecule has 0 bridgehead atoms. The summed E-state index contributed by atoms with van der Waals surface area (Å²) in [4.78, 5) is 14.3. The number of amides is 1. The van der Waals surface area contributed by atoms with Gasteiger partial charge in [-0.05, 0) is 43.4 Å². The van der Waals surface area contributed by atoms with Crippen molar-refractivity contribution >= 4 is 27.3 Å². The molecule has 8 heteroatoms. The van der Waals surface area contributed by atoms with E-state index < -0.39 is 15.6 Å². The van der Waals surface area contributed by atoms with Gasteiger partial charge in [0.2, 0.25) is 5.91 Å². The van der Waals surface area contributed by atoms with Gasteiger partial charge in [-0.2, -0.15) is 0 Å². The maximum absolute atomic E-state index is 12.6. The molecule has 1 amide bonds. The van der Waals surface area contributed by atoms with Crippen molar-refractivity contribution in [3.63, 3.8) is 0 Å². The number of carbonyl (C=O) groups excluding carboxylic acids is 1. The van der Waals surface area contributed by atoms with Gasteiger partial charge in [0, 0.05) is 12.6 Å². The number of piperidine rings is 1. The van der Waals surface area contributed by atoms with Crippen LogP contribution in [-0.4, -0.2) is 50.8 Å². The fraction of sp³-hybridized carbons (Fsp3) is 0.611. The van der Waals surface area contributed by atoms with Gasteiger partial charge in [0.05, 0.1) is 10.8 Å². The molecule has 2 aliphatic rings. The number of carbonyl (C=O) groups is 1. The summed E-state index contributed by atoms with van der Waals surface area (Å²) in [6.07, 6.45) is 3.81. The number of sulfone groups is 1. The van der Waals surface area contributed by atoms with E-state index in [1.807, 2.05) is 6.92 Å². The van der Waals surface area contributed by atoms with Gasteiger partial charge in [-0.15, -0.1) is 0 Å². The second-order valence-corrected chi connectivity index (χ2v) is 9.25. The molecule has 26 heavy (non-hydrogen) atoms. The van der Waals surface area contributed by atoms with E-state index in [0.29, 0.717) is 41.8 Å². The molecule has 1 aromatic rings. The van der Waals surface area contributed by atoms with E-state index in [-0.39, 0.29) is 17.7 Å². The highest BCUT2D eigenvalue weighted by Gasteiger charge is 2.29. The van der Waals surface area contributed by atoms with E-state index in [1.165, 1.54) is 0 Å². The van der Waals surface area contributed by atoms with Gasteiger partial charge in [-0.1, -0.05) is 18.5 Å². The van der Waals surface area contributed by atoms with Gasteiger partial charge in [0.1, 0.15) is 19.0 Å². The highest BCUT2D eigenvalue weighted by atomic mass is 35.5. The van der Waals surface area contributed by atoms with Crippen molar-refractivity contribution in [3.8, 4) is 11.5 Å². The molecular weight excluding hydrogens is 378 g/mol. The molecule has 144 valence electrons. The van der Waals surface area contributed by atoms with Crippen molar-refractivity contribution in [1.29, 1.82) is 0 Å². The summed E-state index contributed by atoms with van der Waals surface area (Å²) in [7, 11) is -3.60. The Kier molecular flexibility index (Phi) is 5.97. The third kappa shape index (κ3) is 4.43. The lowest BCUT2D eigenvalue weighted by atomic mass is 10.0. The summed E-state index contributed by atoms with van der Waals surface area (Å²) < 4.78 is 36.1. The third-order valence-electron chi connectivity index (χ3n) is 4.81. The van der Waals surface area contributed by atoms with E-state index >= 15 is 0 Å². The van der Waals surface area contributed by atoms with Gasteiger partial charge in [0.15, 0.2) is 21.3 Å². The summed E-state index contributed by atoms with van der Waals surface area (Å²) in [5, 5.41) is 0.320. The van der Waals surface area contributed by atoms with Crippen LogP contribution in [0.5, 0.6) is 11.5 Å². The summed E-state index contributed by atoms with van der Waals surface area (Å²) in [5.74, 6) is -0.147. The number of likely N-dealkylation sites (tertiary alicyclic amines) is 1. The van der Waals surface area contributed by atoms with E-state index in [0.717, 1.165) is 25.7 Å². The second-order valence-electron chi connectivity index (χ2n) is 6.78. The first-order valence-electron chi connectivity index (χ1n) is 8.97. The Balaban J connectivity index is 1.71. The number of rotatable bonds is 5. The first kappa shape index (κ1) is 19.3. The zero-order chi connectivity index (χ0) is 18.7. The molecule has 3 rings (SSSR count). The maximum Gasteiger partial charge on any atom is 0.238 e. The van der Waals surface area contributed by atoms with Crippen LogP contribution in [0.15, 0.2) is 12.1 Å². The molecule has 0 radical (unpaired) electrons. The molecule has 0 unspecified atom stereocenters. The Labute approximate surface area is 159 Å². The van der Waals surface area contributed by atoms with Crippen LogP contribution < -0.4 is 9.47 Å². The van der Waals surface area contributed by atoms with Crippen molar-refractivity contribution in [3.05, 3.63) is 22.7 Å². The Morgan fingerprint density at radius 3 is 2.81 bits per heavy atom. The van der Waals surface area contributed by atoms with Crippen LogP contribution in [0.25, 0.3) is 0 Å². The first-order chi connectivity index (χ1) is 12.4. The van der Waals surface area contributed by atoms with Crippen molar-refractivity contribution in [2.24, 2.45) is 0 Å². The minimum absolute atomic E-state index is 0.148. The smallest absolute Gasteiger partial charge is 0.238 e. The average molecular weight is 402 g/mol. The molecular formula is C18H24ClNO5S. The van der Waals surface area contributed by atoms with E-state index in [9.17, 15) is 13.2 Å². The number of halogens is 1. The molecule has 0 aliphatic carbocycles. The van der Waals surface area contributed by atoms with Gasteiger partial charge in [-0.3, -0.25) is 4.79 Å². The predicted octanol–water partition coefficient (Wildman–Crippen LogP) is 2.82. The highest BCUT2D eigenvalue weighted by Crippen LogP contribution is 2.38. The summed E-state index contributed by atoms with van der Waals surface area (Å²) in [6.45, 7) is 3.48. The van der Waals surface area contributed by atoms with Gasteiger partial charge >= 0.3 is 0 Å². The Bertz CT molecular complexity index is 780. The van der Waals surface area contributed by atoms with Gasteiger partial charge < -0.3 is 14.4 Å². The molecule has 1 saturated heterocycles. The SMILES string of the molecule is CC[C@H]1CCCCN1C(=O)CS(=O)(=O)Cc1cc(Cl)c2c(c1)OCCO2. The molecule has 0 N–H and O–H groups in total. The molecule has 1 aromatic carbocycles. The zero-order valence-electron chi connectivity index (χ0n) is 14.9. The topological polar surface area (TPSA) is 72.9 Å². The minimum atomic E-state index is -3.60. The minimum Gasteiger partial charge on any atom is -0.486 e. The van der Waals surface area contributed by atoms with Crippen LogP contribution in [0, 0.1) is 0 Å². The van der Waals surface area contributed by atoms with Crippen LogP contribution in [0.3, 0.4) is 0 Å². The number of hydrogen-bond donors (Lipinski definition) is 0. The van der Waals surface area contributed by atoms with Crippen molar-refractivity contribution in [2.75, 3.05) is 25.5 Å². The molecule has 0 spiro atoms. The Hall–Kier alpha value is -1.47. The fourth-order valence-corrected chi connectivity index (χ4v) is 5.18.